The van der Waals surface area contributed by atoms with Crippen molar-refractivity contribution >= 4 is 15.9 Å². The Labute approximate surface area is 101 Å². The Morgan fingerprint density at radius 2 is 2.20 bits per heavy atom. The molecule has 0 spiro atoms. The van der Waals surface area contributed by atoms with E-state index in [1.54, 1.807) is 7.11 Å². The van der Waals surface area contributed by atoms with Crippen LogP contribution in [0.25, 0.3) is 0 Å². The van der Waals surface area contributed by atoms with Gasteiger partial charge in [0.05, 0.1) is 0 Å². The Hall–Kier alpha value is -0.340. The Balaban J connectivity index is 2.50. The number of rotatable bonds is 6. The molecule has 0 saturated carbocycles. The first-order valence-electron chi connectivity index (χ1n) is 5.36. The molecule has 0 amide bonds. The third-order valence-electron chi connectivity index (χ3n) is 2.56. The van der Waals surface area contributed by atoms with Gasteiger partial charge in [0.25, 0.3) is 0 Å². The zero-order valence-corrected chi connectivity index (χ0v) is 11.1. The van der Waals surface area contributed by atoms with E-state index in [0.29, 0.717) is 5.92 Å². The summed E-state index contributed by atoms with van der Waals surface area (Å²) in [4.78, 5) is 0. The zero-order valence-electron chi connectivity index (χ0n) is 9.50. The summed E-state index contributed by atoms with van der Waals surface area (Å²) in [6.07, 6.45) is 2.26. The molecule has 0 aliphatic heterocycles. The van der Waals surface area contributed by atoms with Gasteiger partial charge in [-0.1, -0.05) is 45.8 Å². The van der Waals surface area contributed by atoms with Crippen molar-refractivity contribution in [3.05, 3.63) is 35.4 Å². The molecule has 0 aliphatic rings. The lowest BCUT2D eigenvalue weighted by Gasteiger charge is -2.13. The van der Waals surface area contributed by atoms with Crippen LogP contribution in [0.5, 0.6) is 0 Å². The van der Waals surface area contributed by atoms with Gasteiger partial charge in [-0.3, -0.25) is 0 Å². The van der Waals surface area contributed by atoms with Crippen LogP contribution in [0.1, 0.15) is 17.5 Å². The van der Waals surface area contributed by atoms with E-state index in [4.69, 9.17) is 4.74 Å². The fourth-order valence-electron chi connectivity index (χ4n) is 1.69. The molecule has 0 N–H and O–H groups in total. The highest BCUT2D eigenvalue weighted by molar-refractivity contribution is 9.09. The van der Waals surface area contributed by atoms with Crippen molar-refractivity contribution in [3.8, 4) is 0 Å². The molecule has 0 radical (unpaired) electrons. The van der Waals surface area contributed by atoms with E-state index >= 15 is 0 Å². The number of aryl methyl sites for hydroxylation is 1. The van der Waals surface area contributed by atoms with Crippen LogP contribution >= 0.6 is 15.9 Å². The van der Waals surface area contributed by atoms with Gasteiger partial charge in [-0.25, -0.2) is 0 Å². The number of methoxy groups -OCH3 is 1. The molecule has 0 saturated heterocycles. The minimum atomic E-state index is 0.673. The van der Waals surface area contributed by atoms with Gasteiger partial charge in [0.15, 0.2) is 0 Å². The molecular weight excluding hydrogens is 252 g/mol. The summed E-state index contributed by atoms with van der Waals surface area (Å²) in [7, 11) is 1.76. The highest BCUT2D eigenvalue weighted by atomic mass is 79.9. The number of ether oxygens (including phenoxy) is 1. The average molecular weight is 271 g/mol. The van der Waals surface area contributed by atoms with Crippen molar-refractivity contribution in [1.29, 1.82) is 0 Å². The fraction of sp³-hybridized carbons (Fsp3) is 0.538. The minimum absolute atomic E-state index is 0.673. The summed E-state index contributed by atoms with van der Waals surface area (Å²) >= 11 is 3.57. The molecule has 0 heterocycles. The number of hydrogen-bond acceptors (Lipinski definition) is 1. The van der Waals surface area contributed by atoms with E-state index in [1.165, 1.54) is 11.1 Å². The first-order chi connectivity index (χ1) is 7.26. The minimum Gasteiger partial charge on any atom is -0.385 e. The summed E-state index contributed by atoms with van der Waals surface area (Å²) in [5.74, 6) is 0.673. The van der Waals surface area contributed by atoms with E-state index in [-0.39, 0.29) is 0 Å². The van der Waals surface area contributed by atoms with Crippen molar-refractivity contribution in [2.45, 2.75) is 19.8 Å². The standard InChI is InChI=1S/C13H19BrO/c1-11-4-3-5-12(8-11)9-13(10-14)6-7-15-2/h3-5,8,13H,6-7,9-10H2,1-2H3. The molecule has 84 valence electrons. The summed E-state index contributed by atoms with van der Waals surface area (Å²) in [6, 6.07) is 8.74. The lowest BCUT2D eigenvalue weighted by atomic mass is 9.97. The normalized spacial score (nSPS) is 12.7. The van der Waals surface area contributed by atoms with E-state index in [1.807, 2.05) is 0 Å². The van der Waals surface area contributed by atoms with Gasteiger partial charge in [-0.15, -0.1) is 0 Å². The molecular formula is C13H19BrO. The average Bonchev–Trinajstić information content (AvgIpc) is 2.24. The first kappa shape index (κ1) is 12.7. The maximum absolute atomic E-state index is 5.11. The Kier molecular flexibility index (Phi) is 5.96. The van der Waals surface area contributed by atoms with Gasteiger partial charge in [0, 0.05) is 19.0 Å². The SMILES string of the molecule is COCCC(CBr)Cc1cccc(C)c1. The Morgan fingerprint density at radius 3 is 2.80 bits per heavy atom. The quantitative estimate of drug-likeness (QED) is 0.718. The predicted molar refractivity (Wildman–Crippen MR) is 68.7 cm³/mol. The molecule has 0 fully saturated rings. The fourth-order valence-corrected chi connectivity index (χ4v) is 2.24. The molecule has 1 unspecified atom stereocenters. The molecule has 1 nitrogen and oxygen atoms in total. The van der Waals surface area contributed by atoms with E-state index in [9.17, 15) is 0 Å². The molecule has 1 aromatic rings. The summed E-state index contributed by atoms with van der Waals surface area (Å²) < 4.78 is 5.11. The highest BCUT2D eigenvalue weighted by Gasteiger charge is 2.07. The van der Waals surface area contributed by atoms with E-state index in [0.717, 1.165) is 24.8 Å². The molecule has 1 rings (SSSR count). The monoisotopic (exact) mass is 270 g/mol. The van der Waals surface area contributed by atoms with Gasteiger partial charge in [0.2, 0.25) is 0 Å². The van der Waals surface area contributed by atoms with Crippen LogP contribution in [0.15, 0.2) is 24.3 Å². The van der Waals surface area contributed by atoms with Crippen LogP contribution in [0.2, 0.25) is 0 Å². The summed E-state index contributed by atoms with van der Waals surface area (Å²) in [5, 5.41) is 1.05. The maximum Gasteiger partial charge on any atom is 0.0465 e. The smallest absolute Gasteiger partial charge is 0.0465 e. The van der Waals surface area contributed by atoms with Crippen LogP contribution in [0.4, 0.5) is 0 Å². The molecule has 0 aromatic heterocycles. The van der Waals surface area contributed by atoms with Crippen molar-refractivity contribution in [3.63, 3.8) is 0 Å². The maximum atomic E-state index is 5.11. The van der Waals surface area contributed by atoms with Gasteiger partial charge in [-0.2, -0.15) is 0 Å². The second kappa shape index (κ2) is 7.02. The molecule has 1 atom stereocenters. The van der Waals surface area contributed by atoms with Crippen LogP contribution in [-0.2, 0) is 11.2 Å². The van der Waals surface area contributed by atoms with Crippen LogP contribution < -0.4 is 0 Å². The first-order valence-corrected chi connectivity index (χ1v) is 6.49. The second-order valence-corrected chi connectivity index (χ2v) is 4.64. The Bertz CT molecular complexity index is 286. The van der Waals surface area contributed by atoms with E-state index in [2.05, 4.69) is 47.1 Å². The molecule has 0 bridgehead atoms. The van der Waals surface area contributed by atoms with Crippen molar-refractivity contribution in [1.82, 2.24) is 0 Å². The van der Waals surface area contributed by atoms with Crippen molar-refractivity contribution < 1.29 is 4.74 Å². The topological polar surface area (TPSA) is 9.23 Å². The van der Waals surface area contributed by atoms with Crippen LogP contribution in [0, 0.1) is 12.8 Å². The molecule has 15 heavy (non-hydrogen) atoms. The number of alkyl halides is 1. The van der Waals surface area contributed by atoms with Gasteiger partial charge in [0.1, 0.15) is 0 Å². The lowest BCUT2D eigenvalue weighted by Crippen LogP contribution is -2.09. The predicted octanol–water partition coefficient (Wildman–Crippen LogP) is 3.59. The van der Waals surface area contributed by atoms with Crippen LogP contribution in [0.3, 0.4) is 0 Å². The third kappa shape index (κ3) is 4.80. The second-order valence-electron chi connectivity index (χ2n) is 3.99. The van der Waals surface area contributed by atoms with Crippen molar-refractivity contribution in [2.75, 3.05) is 19.0 Å². The summed E-state index contributed by atoms with van der Waals surface area (Å²) in [6.45, 7) is 2.99. The van der Waals surface area contributed by atoms with Gasteiger partial charge >= 0.3 is 0 Å². The number of hydrogen-bond donors (Lipinski definition) is 0. The highest BCUT2D eigenvalue weighted by Crippen LogP contribution is 2.15. The largest absolute Gasteiger partial charge is 0.385 e. The van der Waals surface area contributed by atoms with Gasteiger partial charge in [-0.05, 0) is 31.2 Å². The van der Waals surface area contributed by atoms with Crippen molar-refractivity contribution in [2.24, 2.45) is 5.92 Å². The zero-order chi connectivity index (χ0) is 11.1. The number of benzene rings is 1. The Morgan fingerprint density at radius 1 is 1.40 bits per heavy atom. The van der Waals surface area contributed by atoms with E-state index < -0.39 is 0 Å². The lowest BCUT2D eigenvalue weighted by molar-refractivity contribution is 0.181. The molecule has 1 aromatic carbocycles. The molecule has 2 heteroatoms. The third-order valence-corrected chi connectivity index (χ3v) is 3.47. The van der Waals surface area contributed by atoms with Crippen LogP contribution in [-0.4, -0.2) is 19.0 Å². The molecule has 0 aliphatic carbocycles. The summed E-state index contributed by atoms with van der Waals surface area (Å²) in [5.41, 5.74) is 2.77. The number of halogens is 1. The van der Waals surface area contributed by atoms with Gasteiger partial charge < -0.3 is 4.74 Å².